The molecule has 10 rings (SSSR count). The summed E-state index contributed by atoms with van der Waals surface area (Å²) in [7, 11) is 0. The van der Waals surface area contributed by atoms with E-state index in [2.05, 4.69) is 13.8 Å². The number of hydrogen-bond acceptors (Lipinski definition) is 0. The third-order valence-corrected chi connectivity index (χ3v) is 70.0. The van der Waals surface area contributed by atoms with E-state index in [9.17, 15) is 0 Å². The van der Waals surface area contributed by atoms with E-state index in [1.54, 1.807) is 41.5 Å². The van der Waals surface area contributed by atoms with Gasteiger partial charge in [0.15, 0.2) is 0 Å². The molecule has 0 bridgehead atoms. The molecular formula is C14H18Cr. The van der Waals surface area contributed by atoms with E-state index >= 15 is 0 Å². The molecular weight excluding hydrogens is 220 g/mol. The van der Waals surface area contributed by atoms with Crippen LogP contribution in [0.2, 0.25) is 46.8 Å². The SMILES string of the molecule is CC[C]12[CH]3[CH]4[CH]5[C]1(CC)[Cr]43521678[CH]2[CH]1[CH]6[CH]7[CH]28. The van der Waals surface area contributed by atoms with Crippen molar-refractivity contribution >= 4 is 0 Å². The summed E-state index contributed by atoms with van der Waals surface area (Å²) in [6.07, 6.45) is 3.35. The zero-order valence-corrected chi connectivity index (χ0v) is 10.7. The van der Waals surface area contributed by atoms with E-state index in [0.717, 1.165) is 0 Å². The fourth-order valence-electron chi connectivity index (χ4n) is 22.7. The molecule has 4 atom stereocenters. The molecule has 0 aliphatic carbocycles. The summed E-state index contributed by atoms with van der Waals surface area (Å²) in [5.74, 6) is 0. The Hall–Kier alpha value is 0.532. The van der Waals surface area contributed by atoms with Gasteiger partial charge in [-0.2, -0.15) is 0 Å². The van der Waals surface area contributed by atoms with Gasteiger partial charge in [-0.15, -0.1) is 0 Å². The molecule has 0 nitrogen and oxygen atoms in total. The number of rotatable bonds is 2. The molecule has 1 heteroatoms. The topological polar surface area (TPSA) is 0 Å². The third kappa shape index (κ3) is 0.0419. The molecule has 10 aliphatic heterocycles. The zero-order chi connectivity index (χ0) is 9.35. The monoisotopic (exact) mass is 238 g/mol. The maximum absolute atomic E-state index is 2.91. The third-order valence-electron chi connectivity index (χ3n) is 18.7. The second-order valence-corrected chi connectivity index (χ2v) is 39.0. The van der Waals surface area contributed by atoms with Crippen molar-refractivity contribution in [2.24, 2.45) is 0 Å². The summed E-state index contributed by atoms with van der Waals surface area (Å²) < 4.78 is 14.8. The van der Waals surface area contributed by atoms with E-state index in [1.165, 1.54) is 18.1 Å². The molecule has 0 aromatic rings. The molecule has 15 heavy (non-hydrogen) atoms. The van der Waals surface area contributed by atoms with Gasteiger partial charge < -0.3 is 0 Å². The van der Waals surface area contributed by atoms with Gasteiger partial charge in [0.1, 0.15) is 0 Å². The Kier molecular flexibility index (Phi) is 0.139. The Balaban J connectivity index is 1.90. The van der Waals surface area contributed by atoms with Crippen LogP contribution < -0.4 is 0 Å². The summed E-state index contributed by atoms with van der Waals surface area (Å²) in [6.45, 7) is 2.31. The molecule has 0 aromatic heterocycles. The van der Waals surface area contributed by atoms with Gasteiger partial charge in [0.05, 0.1) is 0 Å². The number of fused-ring (bicyclic) bond motifs is 10. The first kappa shape index (κ1) is 5.45. The van der Waals surface area contributed by atoms with Crippen molar-refractivity contribution in [1.82, 2.24) is 0 Å². The van der Waals surface area contributed by atoms with Gasteiger partial charge in [-0.25, -0.2) is 0 Å². The summed E-state index contributed by atoms with van der Waals surface area (Å²) in [6, 6.07) is 0. The normalized spacial score (nSPS) is 139. The van der Waals surface area contributed by atoms with Crippen molar-refractivity contribution in [3.63, 3.8) is 0 Å². The molecule has 10 heterocycles. The molecule has 10 fully saturated rings. The van der Waals surface area contributed by atoms with Crippen LogP contribution in [-0.2, 0) is 6.65 Å². The van der Waals surface area contributed by atoms with Crippen molar-refractivity contribution in [1.29, 1.82) is 0 Å². The van der Waals surface area contributed by atoms with Crippen LogP contribution in [0.3, 0.4) is 0 Å². The van der Waals surface area contributed by atoms with Crippen LogP contribution in [0.1, 0.15) is 26.7 Å². The van der Waals surface area contributed by atoms with Crippen LogP contribution in [0.5, 0.6) is 0 Å². The van der Waals surface area contributed by atoms with E-state index in [4.69, 9.17) is 0 Å². The second-order valence-electron chi connectivity index (χ2n) is 11.9. The van der Waals surface area contributed by atoms with Crippen molar-refractivity contribution in [2.75, 3.05) is 0 Å². The minimum absolute atomic E-state index is 1.19. The molecule has 10 saturated heterocycles. The molecule has 10 aliphatic rings. The zero-order valence-electron chi connectivity index (χ0n) is 9.44. The average molecular weight is 238 g/mol. The fraction of sp³-hybridized carbons (Fsp3) is 1.00. The molecule has 0 radical (unpaired) electrons. The van der Waals surface area contributed by atoms with Gasteiger partial charge in [-0.3, -0.25) is 0 Å². The Morgan fingerprint density at radius 1 is 0.733 bits per heavy atom. The molecule has 80 valence electrons. The molecule has 0 amide bonds. The van der Waals surface area contributed by atoms with E-state index in [1.807, 2.05) is 0 Å². The van der Waals surface area contributed by atoms with E-state index in [-0.39, 0.29) is 0 Å². The quantitative estimate of drug-likeness (QED) is 0.639. The van der Waals surface area contributed by atoms with Crippen molar-refractivity contribution in [3.8, 4) is 0 Å². The van der Waals surface area contributed by atoms with Crippen LogP contribution in [0.15, 0.2) is 0 Å². The van der Waals surface area contributed by atoms with Gasteiger partial charge in [0.25, 0.3) is 0 Å². The predicted octanol–water partition coefficient (Wildman–Crippen LogP) is 4.94. The van der Waals surface area contributed by atoms with Gasteiger partial charge in [0, 0.05) is 0 Å². The Morgan fingerprint density at radius 3 is 1.27 bits per heavy atom. The van der Waals surface area contributed by atoms with Crippen LogP contribution in [0, 0.1) is 0 Å². The van der Waals surface area contributed by atoms with E-state index in [0.29, 0.717) is 0 Å². The molecule has 4 unspecified atom stereocenters. The fourth-order valence-corrected chi connectivity index (χ4v) is 119. The molecule has 0 saturated carbocycles. The summed E-state index contributed by atoms with van der Waals surface area (Å²) in [4.78, 5) is 0. The second kappa shape index (κ2) is 0.381. The predicted molar refractivity (Wildman–Crippen MR) is 56.0 cm³/mol. The Bertz CT molecular complexity index is 844. The van der Waals surface area contributed by atoms with Crippen LogP contribution in [0.4, 0.5) is 0 Å². The summed E-state index contributed by atoms with van der Waals surface area (Å²) >= 11 is 0. The van der Waals surface area contributed by atoms with Gasteiger partial charge >= 0.3 is 80.1 Å². The van der Waals surface area contributed by atoms with Crippen molar-refractivity contribution in [2.45, 2.75) is 73.5 Å². The van der Waals surface area contributed by atoms with E-state index < -0.39 is 6.65 Å². The first-order chi connectivity index (χ1) is 7.06. The first-order valence-electron chi connectivity index (χ1n) is 7.58. The summed E-state index contributed by atoms with van der Waals surface area (Å²) in [5.41, 5.74) is 0. The van der Waals surface area contributed by atoms with Gasteiger partial charge in [-0.05, 0) is 0 Å². The van der Waals surface area contributed by atoms with Crippen molar-refractivity contribution < 1.29 is 6.65 Å². The maximum atomic E-state index is 2.61. The van der Waals surface area contributed by atoms with Gasteiger partial charge in [-0.1, -0.05) is 0 Å². The van der Waals surface area contributed by atoms with Crippen LogP contribution in [-0.4, -0.2) is 0 Å². The number of hydrogen-bond donors (Lipinski definition) is 0. The van der Waals surface area contributed by atoms with Crippen molar-refractivity contribution in [3.05, 3.63) is 0 Å². The molecule has 0 aromatic carbocycles. The standard InChI is InChI=1S/C9H13.C5H5.Cr/c1-3-8-6-5-7-9(8)4-2;1-2-4-5-3-1;/h5-7H,3-4H2,1-2H3;1-5H;. The molecule has 1 spiro atoms. The summed E-state index contributed by atoms with van der Waals surface area (Å²) in [5, 5.41) is 0. The molecule has 0 N–H and O–H groups in total. The first-order valence-corrected chi connectivity index (χ1v) is 14.7. The van der Waals surface area contributed by atoms with Crippen LogP contribution in [0.25, 0.3) is 0 Å². The van der Waals surface area contributed by atoms with Crippen LogP contribution >= 0.6 is 0 Å². The minimum atomic E-state index is -2.91. The Labute approximate surface area is 80.2 Å². The Morgan fingerprint density at radius 2 is 1.13 bits per heavy atom. The van der Waals surface area contributed by atoms with Gasteiger partial charge in [0.2, 0.25) is 0 Å². The average Bonchev–Trinajstić information content (AvgIpc) is 3.21.